The van der Waals surface area contributed by atoms with Crippen LogP contribution in [0.4, 0.5) is 0 Å². The molecule has 0 saturated heterocycles. The van der Waals surface area contributed by atoms with Gasteiger partial charge in [-0.3, -0.25) is 0 Å². The van der Waals surface area contributed by atoms with Crippen molar-refractivity contribution in [2.24, 2.45) is 0 Å². The van der Waals surface area contributed by atoms with E-state index in [1.54, 1.807) is 12.1 Å². The van der Waals surface area contributed by atoms with Crippen molar-refractivity contribution in [2.75, 3.05) is 14.1 Å². The topological polar surface area (TPSA) is 63.7 Å². The molecule has 0 bridgehead atoms. The van der Waals surface area contributed by atoms with E-state index in [0.29, 0.717) is 10.2 Å². The summed E-state index contributed by atoms with van der Waals surface area (Å²) in [6, 6.07) is 11.5. The molecular formula is C16H16BrNO4S. The Kier molecular flexibility index (Phi) is 5.23. The highest BCUT2D eigenvalue weighted by atomic mass is 79.9. The van der Waals surface area contributed by atoms with Gasteiger partial charge in [0.2, 0.25) is 10.0 Å². The minimum Gasteiger partial charge on any atom is -0.423 e. The second-order valence-electron chi connectivity index (χ2n) is 5.09. The lowest BCUT2D eigenvalue weighted by Gasteiger charge is -2.14. The molecule has 2 aromatic carbocycles. The van der Waals surface area contributed by atoms with E-state index in [0.717, 1.165) is 9.87 Å². The largest absolute Gasteiger partial charge is 0.423 e. The third kappa shape index (κ3) is 3.80. The maximum atomic E-state index is 12.3. The van der Waals surface area contributed by atoms with Crippen LogP contribution in [0.5, 0.6) is 5.75 Å². The van der Waals surface area contributed by atoms with E-state index in [9.17, 15) is 13.2 Å². The van der Waals surface area contributed by atoms with E-state index in [4.69, 9.17) is 4.74 Å². The summed E-state index contributed by atoms with van der Waals surface area (Å²) in [5.41, 5.74) is 0.982. The normalized spacial score (nSPS) is 11.5. The van der Waals surface area contributed by atoms with E-state index < -0.39 is 16.0 Å². The van der Waals surface area contributed by atoms with Gasteiger partial charge in [-0.1, -0.05) is 18.2 Å². The number of carbonyl (C=O) groups is 1. The average molecular weight is 398 g/mol. The fourth-order valence-electron chi connectivity index (χ4n) is 1.85. The number of ether oxygens (including phenoxy) is 1. The van der Waals surface area contributed by atoms with Crippen molar-refractivity contribution in [1.82, 2.24) is 4.31 Å². The Labute approximate surface area is 144 Å². The van der Waals surface area contributed by atoms with Crippen LogP contribution in [-0.2, 0) is 10.0 Å². The van der Waals surface area contributed by atoms with Gasteiger partial charge in [0.1, 0.15) is 5.75 Å². The van der Waals surface area contributed by atoms with Gasteiger partial charge in [0.25, 0.3) is 0 Å². The second kappa shape index (κ2) is 6.82. The number of esters is 1. The summed E-state index contributed by atoms with van der Waals surface area (Å²) >= 11 is 3.20. The van der Waals surface area contributed by atoms with Crippen LogP contribution in [0.3, 0.4) is 0 Å². The summed E-state index contributed by atoms with van der Waals surface area (Å²) in [4.78, 5) is 12.3. The van der Waals surface area contributed by atoms with Crippen LogP contribution in [0.25, 0.3) is 0 Å². The van der Waals surface area contributed by atoms with E-state index in [2.05, 4.69) is 15.9 Å². The van der Waals surface area contributed by atoms with Crippen molar-refractivity contribution in [3.63, 3.8) is 0 Å². The number of carbonyl (C=O) groups excluding carboxylic acids is 1. The summed E-state index contributed by atoms with van der Waals surface area (Å²) in [5.74, 6) is -0.167. The van der Waals surface area contributed by atoms with Crippen molar-refractivity contribution in [3.05, 3.63) is 58.1 Å². The zero-order valence-corrected chi connectivity index (χ0v) is 15.3. The molecule has 0 atom stereocenters. The quantitative estimate of drug-likeness (QED) is 0.586. The van der Waals surface area contributed by atoms with Gasteiger partial charge < -0.3 is 4.74 Å². The molecule has 0 radical (unpaired) electrons. The molecule has 0 unspecified atom stereocenters. The minimum absolute atomic E-state index is 0.0155. The maximum Gasteiger partial charge on any atom is 0.343 e. The Morgan fingerprint density at radius 2 is 1.78 bits per heavy atom. The van der Waals surface area contributed by atoms with Crippen molar-refractivity contribution in [2.45, 2.75) is 11.8 Å². The Balaban J connectivity index is 2.38. The Morgan fingerprint density at radius 1 is 1.13 bits per heavy atom. The number of para-hydroxylation sites is 1. The van der Waals surface area contributed by atoms with Gasteiger partial charge >= 0.3 is 5.97 Å². The highest BCUT2D eigenvalue weighted by Crippen LogP contribution is 2.26. The Morgan fingerprint density at radius 3 is 2.39 bits per heavy atom. The minimum atomic E-state index is -3.67. The van der Waals surface area contributed by atoms with Gasteiger partial charge in [-0.2, -0.15) is 0 Å². The Hall–Kier alpha value is -1.70. The number of hydrogen-bond donors (Lipinski definition) is 0. The first-order chi connectivity index (χ1) is 10.7. The number of halogens is 1. The zero-order valence-electron chi connectivity index (χ0n) is 12.9. The fourth-order valence-corrected chi connectivity index (χ4v) is 3.70. The van der Waals surface area contributed by atoms with E-state index >= 15 is 0 Å². The highest BCUT2D eigenvalue weighted by Gasteiger charge is 2.22. The second-order valence-corrected chi connectivity index (χ2v) is 8.06. The molecule has 0 aromatic heterocycles. The van der Waals surface area contributed by atoms with Crippen molar-refractivity contribution >= 4 is 31.9 Å². The maximum absolute atomic E-state index is 12.3. The first kappa shape index (κ1) is 17.7. The van der Waals surface area contributed by atoms with E-state index in [1.165, 1.54) is 32.3 Å². The fraction of sp³-hybridized carbons (Fsp3) is 0.188. The molecule has 0 heterocycles. The van der Waals surface area contributed by atoms with Gasteiger partial charge in [0.15, 0.2) is 0 Å². The van der Waals surface area contributed by atoms with Gasteiger partial charge in [-0.25, -0.2) is 17.5 Å². The summed E-state index contributed by atoms with van der Waals surface area (Å²) in [6.45, 7) is 1.83. The molecule has 0 aliphatic heterocycles. The molecule has 2 rings (SSSR count). The monoisotopic (exact) mass is 397 g/mol. The third-order valence-electron chi connectivity index (χ3n) is 3.22. The molecule has 0 aliphatic carbocycles. The number of rotatable bonds is 4. The molecule has 0 fully saturated rings. The molecule has 0 spiro atoms. The highest BCUT2D eigenvalue weighted by molar-refractivity contribution is 9.10. The summed E-state index contributed by atoms with van der Waals surface area (Å²) in [5, 5.41) is 0. The molecule has 0 saturated carbocycles. The summed E-state index contributed by atoms with van der Waals surface area (Å²) < 4.78 is 31.4. The van der Waals surface area contributed by atoms with Gasteiger partial charge in [-0.15, -0.1) is 0 Å². The molecule has 0 aliphatic rings. The van der Waals surface area contributed by atoms with Crippen LogP contribution in [-0.4, -0.2) is 32.8 Å². The van der Waals surface area contributed by atoms with Crippen molar-refractivity contribution in [3.8, 4) is 5.75 Å². The van der Waals surface area contributed by atoms with Crippen LogP contribution in [0, 0.1) is 6.92 Å². The SMILES string of the molecule is Cc1ccccc1OC(=O)c1ccc(Br)c(S(=O)(=O)N(C)C)c1. The molecule has 0 amide bonds. The summed E-state index contributed by atoms with van der Waals surface area (Å²) in [6.07, 6.45) is 0. The lowest BCUT2D eigenvalue weighted by Crippen LogP contribution is -2.23. The standard InChI is InChI=1S/C16H16BrNO4S/c1-11-6-4-5-7-14(11)22-16(19)12-8-9-13(17)15(10-12)23(20,21)18(2)3/h4-10H,1-3H3. The van der Waals surface area contributed by atoms with E-state index in [-0.39, 0.29) is 10.5 Å². The zero-order chi connectivity index (χ0) is 17.2. The number of hydrogen-bond acceptors (Lipinski definition) is 4. The lowest BCUT2D eigenvalue weighted by atomic mass is 10.2. The van der Waals surface area contributed by atoms with Crippen molar-refractivity contribution < 1.29 is 17.9 Å². The smallest absolute Gasteiger partial charge is 0.343 e. The number of sulfonamides is 1. The van der Waals surface area contributed by atoms with Crippen molar-refractivity contribution in [1.29, 1.82) is 0 Å². The molecule has 23 heavy (non-hydrogen) atoms. The number of nitrogens with zero attached hydrogens (tertiary/aromatic N) is 1. The van der Waals surface area contributed by atoms with Gasteiger partial charge in [-0.05, 0) is 52.7 Å². The predicted molar refractivity (Wildman–Crippen MR) is 91.2 cm³/mol. The van der Waals surface area contributed by atoms with Crippen LogP contribution in [0.1, 0.15) is 15.9 Å². The molecule has 2 aromatic rings. The average Bonchev–Trinajstić information content (AvgIpc) is 2.49. The molecule has 122 valence electrons. The first-order valence-electron chi connectivity index (χ1n) is 6.73. The summed E-state index contributed by atoms with van der Waals surface area (Å²) in [7, 11) is -0.805. The van der Waals surface area contributed by atoms with Gasteiger partial charge in [0.05, 0.1) is 10.5 Å². The molecule has 7 heteroatoms. The third-order valence-corrected chi connectivity index (χ3v) is 6.03. The molecule has 0 N–H and O–H groups in total. The first-order valence-corrected chi connectivity index (χ1v) is 8.96. The number of aryl methyl sites for hydroxylation is 1. The Bertz CT molecular complexity index is 847. The van der Waals surface area contributed by atoms with Crippen LogP contribution in [0.15, 0.2) is 51.8 Å². The van der Waals surface area contributed by atoms with Crippen LogP contribution in [0.2, 0.25) is 0 Å². The van der Waals surface area contributed by atoms with Crippen LogP contribution >= 0.6 is 15.9 Å². The van der Waals surface area contributed by atoms with Crippen LogP contribution < -0.4 is 4.74 Å². The number of benzene rings is 2. The molecular weight excluding hydrogens is 382 g/mol. The molecule has 5 nitrogen and oxygen atoms in total. The van der Waals surface area contributed by atoms with E-state index in [1.807, 2.05) is 19.1 Å². The van der Waals surface area contributed by atoms with Gasteiger partial charge in [0, 0.05) is 18.6 Å². The predicted octanol–water partition coefficient (Wildman–Crippen LogP) is 3.23. The lowest BCUT2D eigenvalue weighted by molar-refractivity contribution is 0.0733.